The van der Waals surface area contributed by atoms with Gasteiger partial charge in [0.25, 0.3) is 0 Å². The molecule has 4 heteroatoms. The average Bonchev–Trinajstić information content (AvgIpc) is 2.13. The molecule has 2 rings (SSSR count). The second kappa shape index (κ2) is 4.04. The van der Waals surface area contributed by atoms with Crippen molar-refractivity contribution < 1.29 is 8.78 Å². The van der Waals surface area contributed by atoms with E-state index in [0.717, 1.165) is 6.07 Å². The Hall–Kier alpha value is -1.55. The molecule has 0 aliphatic rings. The molecule has 90 valence electrons. The molecule has 0 radical (unpaired) electrons. The number of benzene rings is 1. The van der Waals surface area contributed by atoms with Crippen molar-refractivity contribution in [3.05, 3.63) is 41.7 Å². The van der Waals surface area contributed by atoms with Crippen LogP contribution in [-0.2, 0) is 6.42 Å². The second-order valence-electron chi connectivity index (χ2n) is 4.91. The summed E-state index contributed by atoms with van der Waals surface area (Å²) in [6, 6.07) is 3.76. The van der Waals surface area contributed by atoms with E-state index in [0.29, 0.717) is 22.9 Å². The van der Waals surface area contributed by atoms with E-state index >= 15 is 0 Å². The van der Waals surface area contributed by atoms with Gasteiger partial charge in [-0.3, -0.25) is 4.98 Å². The second-order valence-corrected chi connectivity index (χ2v) is 4.91. The van der Waals surface area contributed by atoms with Gasteiger partial charge in [-0.25, -0.2) is 8.78 Å². The molecule has 0 bridgehead atoms. The SMILES string of the molecule is CC(C)(N)Cc1nccc2cc(F)cc(F)c12. The van der Waals surface area contributed by atoms with Crippen molar-refractivity contribution in [3.63, 3.8) is 0 Å². The fraction of sp³-hybridized carbons (Fsp3) is 0.308. The molecule has 0 spiro atoms. The molecule has 0 atom stereocenters. The van der Waals surface area contributed by atoms with Gasteiger partial charge in [-0.1, -0.05) is 0 Å². The zero-order valence-corrected chi connectivity index (χ0v) is 9.80. The average molecular weight is 236 g/mol. The molecule has 0 fully saturated rings. The quantitative estimate of drug-likeness (QED) is 0.870. The molecule has 0 saturated heterocycles. The maximum atomic E-state index is 13.8. The molecule has 0 amide bonds. The number of aromatic nitrogens is 1. The summed E-state index contributed by atoms with van der Waals surface area (Å²) in [5.74, 6) is -1.17. The summed E-state index contributed by atoms with van der Waals surface area (Å²) in [6.07, 6.45) is 1.98. The van der Waals surface area contributed by atoms with Crippen molar-refractivity contribution in [1.29, 1.82) is 0 Å². The number of pyridine rings is 1. The van der Waals surface area contributed by atoms with Gasteiger partial charge < -0.3 is 5.73 Å². The van der Waals surface area contributed by atoms with Gasteiger partial charge in [0.15, 0.2) is 0 Å². The topological polar surface area (TPSA) is 38.9 Å². The van der Waals surface area contributed by atoms with E-state index in [9.17, 15) is 8.78 Å². The Morgan fingerprint density at radius 2 is 2.00 bits per heavy atom. The van der Waals surface area contributed by atoms with Crippen LogP contribution in [-0.4, -0.2) is 10.5 Å². The Kier molecular flexibility index (Phi) is 2.83. The third kappa shape index (κ3) is 2.58. The van der Waals surface area contributed by atoms with Gasteiger partial charge in [-0.15, -0.1) is 0 Å². The summed E-state index contributed by atoms with van der Waals surface area (Å²) in [5, 5.41) is 0.865. The highest BCUT2D eigenvalue weighted by molar-refractivity contribution is 5.85. The van der Waals surface area contributed by atoms with Gasteiger partial charge in [0.05, 0.1) is 5.69 Å². The van der Waals surface area contributed by atoms with Crippen LogP contribution in [0.1, 0.15) is 19.5 Å². The first-order valence-electron chi connectivity index (χ1n) is 5.38. The molecule has 0 aliphatic carbocycles. The molecule has 0 aliphatic heterocycles. The van der Waals surface area contributed by atoms with Gasteiger partial charge >= 0.3 is 0 Å². The van der Waals surface area contributed by atoms with E-state index in [4.69, 9.17) is 5.73 Å². The molecule has 1 aromatic heterocycles. The van der Waals surface area contributed by atoms with Crippen molar-refractivity contribution in [2.75, 3.05) is 0 Å². The first-order chi connectivity index (χ1) is 7.87. The lowest BCUT2D eigenvalue weighted by Gasteiger charge is -2.18. The van der Waals surface area contributed by atoms with E-state index in [1.165, 1.54) is 6.07 Å². The predicted octanol–water partition coefficient (Wildman–Crippen LogP) is 2.79. The summed E-state index contributed by atoms with van der Waals surface area (Å²) in [6.45, 7) is 3.68. The van der Waals surface area contributed by atoms with Crippen molar-refractivity contribution >= 4 is 10.8 Å². The van der Waals surface area contributed by atoms with Crippen LogP contribution in [0.25, 0.3) is 10.8 Å². The number of nitrogens with two attached hydrogens (primary N) is 1. The molecule has 1 heterocycles. The lowest BCUT2D eigenvalue weighted by Crippen LogP contribution is -2.34. The van der Waals surface area contributed by atoms with Crippen molar-refractivity contribution in [2.24, 2.45) is 5.73 Å². The number of fused-ring (bicyclic) bond motifs is 1. The van der Waals surface area contributed by atoms with E-state index in [-0.39, 0.29) is 0 Å². The van der Waals surface area contributed by atoms with Crippen LogP contribution in [0.5, 0.6) is 0 Å². The molecule has 2 aromatic rings. The van der Waals surface area contributed by atoms with Crippen LogP contribution in [0.2, 0.25) is 0 Å². The van der Waals surface area contributed by atoms with E-state index in [1.807, 2.05) is 13.8 Å². The van der Waals surface area contributed by atoms with Crippen LogP contribution in [0, 0.1) is 11.6 Å². The van der Waals surface area contributed by atoms with Crippen molar-refractivity contribution in [2.45, 2.75) is 25.8 Å². The lowest BCUT2D eigenvalue weighted by atomic mass is 9.96. The summed E-state index contributed by atoms with van der Waals surface area (Å²) >= 11 is 0. The van der Waals surface area contributed by atoms with E-state index in [1.54, 1.807) is 12.3 Å². The van der Waals surface area contributed by atoms with Crippen molar-refractivity contribution in [3.8, 4) is 0 Å². The van der Waals surface area contributed by atoms with Crippen LogP contribution in [0.3, 0.4) is 0 Å². The summed E-state index contributed by atoms with van der Waals surface area (Å²) in [5.41, 5.74) is 5.98. The predicted molar refractivity (Wildman–Crippen MR) is 63.6 cm³/mol. The fourth-order valence-corrected chi connectivity index (χ4v) is 1.87. The van der Waals surface area contributed by atoms with E-state index < -0.39 is 17.2 Å². The molecule has 0 saturated carbocycles. The Balaban J connectivity index is 2.65. The summed E-state index contributed by atoms with van der Waals surface area (Å²) in [7, 11) is 0. The first kappa shape index (κ1) is 11.9. The highest BCUT2D eigenvalue weighted by Crippen LogP contribution is 2.24. The number of halogens is 2. The number of rotatable bonds is 2. The standard InChI is InChI=1S/C13H14F2N2/c1-13(2,16)7-11-12-8(3-4-17-11)5-9(14)6-10(12)15/h3-6H,7,16H2,1-2H3. The minimum absolute atomic E-state index is 0.354. The van der Waals surface area contributed by atoms with Gasteiger partial charge in [-0.05, 0) is 31.4 Å². The first-order valence-corrected chi connectivity index (χ1v) is 5.38. The van der Waals surface area contributed by atoms with Crippen LogP contribution >= 0.6 is 0 Å². The molecule has 0 unspecified atom stereocenters. The molecule has 17 heavy (non-hydrogen) atoms. The zero-order chi connectivity index (χ0) is 12.6. The van der Waals surface area contributed by atoms with Gasteiger partial charge in [-0.2, -0.15) is 0 Å². The van der Waals surface area contributed by atoms with Crippen LogP contribution in [0.4, 0.5) is 8.78 Å². The highest BCUT2D eigenvalue weighted by atomic mass is 19.1. The Labute approximate surface area is 98.5 Å². The fourth-order valence-electron chi connectivity index (χ4n) is 1.87. The number of hydrogen-bond donors (Lipinski definition) is 1. The normalized spacial score (nSPS) is 12.1. The number of nitrogens with zero attached hydrogens (tertiary/aromatic N) is 1. The molecular formula is C13H14F2N2. The Morgan fingerprint density at radius 1 is 1.29 bits per heavy atom. The molecular weight excluding hydrogens is 222 g/mol. The zero-order valence-electron chi connectivity index (χ0n) is 9.80. The van der Waals surface area contributed by atoms with Crippen LogP contribution < -0.4 is 5.73 Å². The summed E-state index contributed by atoms with van der Waals surface area (Å²) < 4.78 is 26.8. The van der Waals surface area contributed by atoms with Gasteiger partial charge in [0.2, 0.25) is 0 Å². The van der Waals surface area contributed by atoms with Crippen LogP contribution in [0.15, 0.2) is 24.4 Å². The Bertz CT molecular complexity index is 559. The smallest absolute Gasteiger partial charge is 0.135 e. The minimum Gasteiger partial charge on any atom is -0.325 e. The maximum absolute atomic E-state index is 13.8. The molecule has 2 nitrogen and oxygen atoms in total. The minimum atomic E-state index is -0.590. The number of hydrogen-bond acceptors (Lipinski definition) is 2. The lowest BCUT2D eigenvalue weighted by molar-refractivity contribution is 0.511. The van der Waals surface area contributed by atoms with Gasteiger partial charge in [0.1, 0.15) is 11.6 Å². The Morgan fingerprint density at radius 3 is 2.65 bits per heavy atom. The highest BCUT2D eigenvalue weighted by Gasteiger charge is 2.17. The summed E-state index contributed by atoms with van der Waals surface area (Å²) in [4.78, 5) is 4.14. The monoisotopic (exact) mass is 236 g/mol. The molecule has 1 aromatic carbocycles. The largest absolute Gasteiger partial charge is 0.325 e. The van der Waals surface area contributed by atoms with Crippen molar-refractivity contribution in [1.82, 2.24) is 4.98 Å². The van der Waals surface area contributed by atoms with Gasteiger partial charge in [0, 0.05) is 29.6 Å². The third-order valence-corrected chi connectivity index (χ3v) is 2.48. The third-order valence-electron chi connectivity index (χ3n) is 2.48. The maximum Gasteiger partial charge on any atom is 0.135 e. The van der Waals surface area contributed by atoms with E-state index in [2.05, 4.69) is 4.98 Å². The molecule has 2 N–H and O–H groups in total.